The highest BCUT2D eigenvalue weighted by Gasteiger charge is 2.20. The Balaban J connectivity index is 1.69. The van der Waals surface area contributed by atoms with Crippen LogP contribution in [0, 0.1) is 5.82 Å². The van der Waals surface area contributed by atoms with Gasteiger partial charge in [0.05, 0.1) is 19.6 Å². The van der Waals surface area contributed by atoms with E-state index in [9.17, 15) is 4.39 Å². The maximum atomic E-state index is 12.8. The maximum Gasteiger partial charge on any atom is 0.166 e. The Hall–Kier alpha value is -1.20. The number of piperidine rings is 1. The van der Waals surface area contributed by atoms with E-state index >= 15 is 0 Å². The summed E-state index contributed by atoms with van der Waals surface area (Å²) in [5, 5.41) is 7.25. The molecule has 20 heavy (non-hydrogen) atoms. The molecule has 1 saturated heterocycles. The van der Waals surface area contributed by atoms with E-state index in [4.69, 9.17) is 12.2 Å². The van der Waals surface area contributed by atoms with Crippen LogP contribution in [0.4, 0.5) is 4.39 Å². The Labute approximate surface area is 125 Å². The first-order valence-corrected chi connectivity index (χ1v) is 7.70. The molecule has 0 atom stereocenters. The van der Waals surface area contributed by atoms with Gasteiger partial charge >= 0.3 is 0 Å². The summed E-state index contributed by atoms with van der Waals surface area (Å²) in [6.45, 7) is 6.51. The molecule has 110 valence electrons. The van der Waals surface area contributed by atoms with E-state index in [2.05, 4.69) is 17.6 Å². The van der Waals surface area contributed by atoms with E-state index in [0.29, 0.717) is 17.7 Å². The summed E-state index contributed by atoms with van der Waals surface area (Å²) in [5.41, 5.74) is 1.03. The number of rotatable bonds is 4. The summed E-state index contributed by atoms with van der Waals surface area (Å²) in [7, 11) is 0. The van der Waals surface area contributed by atoms with Crippen molar-refractivity contribution < 1.29 is 9.29 Å². The van der Waals surface area contributed by atoms with Gasteiger partial charge in [0.2, 0.25) is 0 Å². The normalized spacial score (nSPS) is 22.3. The van der Waals surface area contributed by atoms with Gasteiger partial charge in [-0.1, -0.05) is 12.1 Å². The van der Waals surface area contributed by atoms with Crippen molar-refractivity contribution in [2.75, 3.05) is 19.6 Å². The molecule has 1 heterocycles. The van der Waals surface area contributed by atoms with Crippen LogP contribution in [0.2, 0.25) is 0 Å². The number of thiocarbonyl (C=S) groups is 1. The van der Waals surface area contributed by atoms with Gasteiger partial charge in [0.15, 0.2) is 5.11 Å². The van der Waals surface area contributed by atoms with Crippen LogP contribution in [-0.2, 0) is 6.54 Å². The molecular formula is C15H23FN3S+. The lowest BCUT2D eigenvalue weighted by Gasteiger charge is -2.29. The second kappa shape index (κ2) is 7.55. The lowest BCUT2D eigenvalue weighted by atomic mass is 10.1. The predicted octanol–water partition coefficient (Wildman–Crippen LogP) is 0.857. The van der Waals surface area contributed by atoms with Crippen LogP contribution in [0.25, 0.3) is 0 Å². The van der Waals surface area contributed by atoms with Gasteiger partial charge in [0, 0.05) is 25.4 Å². The zero-order chi connectivity index (χ0) is 14.4. The smallest absolute Gasteiger partial charge is 0.166 e. The molecule has 2 rings (SSSR count). The number of nitrogens with one attached hydrogen (secondary N) is 3. The fourth-order valence-electron chi connectivity index (χ4n) is 2.54. The van der Waals surface area contributed by atoms with Crippen molar-refractivity contribution in [1.82, 2.24) is 10.6 Å². The van der Waals surface area contributed by atoms with Crippen LogP contribution in [0.15, 0.2) is 24.3 Å². The molecule has 0 bridgehead atoms. The van der Waals surface area contributed by atoms with Crippen molar-refractivity contribution in [3.8, 4) is 0 Å². The molecule has 3 nitrogen and oxygen atoms in total. The molecule has 3 N–H and O–H groups in total. The Morgan fingerprint density at radius 3 is 2.55 bits per heavy atom. The second-order valence-corrected chi connectivity index (χ2v) is 5.74. The largest absolute Gasteiger partial charge is 0.360 e. The quantitative estimate of drug-likeness (QED) is 0.720. The third kappa shape index (κ3) is 4.72. The molecule has 1 aromatic rings. The molecule has 0 aliphatic carbocycles. The SMILES string of the molecule is CC[NH+]1CCC(NC(=S)NCc2ccc(F)cc2)CC1. The average Bonchev–Trinajstić information content (AvgIpc) is 2.47. The predicted molar refractivity (Wildman–Crippen MR) is 83.2 cm³/mol. The van der Waals surface area contributed by atoms with Crippen LogP contribution in [-0.4, -0.2) is 30.8 Å². The van der Waals surface area contributed by atoms with Gasteiger partial charge in [-0.3, -0.25) is 0 Å². The Morgan fingerprint density at radius 2 is 1.95 bits per heavy atom. The summed E-state index contributed by atoms with van der Waals surface area (Å²) in [4.78, 5) is 1.67. The summed E-state index contributed by atoms with van der Waals surface area (Å²) >= 11 is 5.31. The van der Waals surface area contributed by atoms with Crippen LogP contribution >= 0.6 is 12.2 Å². The molecule has 0 unspecified atom stereocenters. The molecule has 0 aromatic heterocycles. The lowest BCUT2D eigenvalue weighted by Crippen LogP contribution is -3.13. The number of benzene rings is 1. The zero-order valence-electron chi connectivity index (χ0n) is 11.9. The topological polar surface area (TPSA) is 28.5 Å². The van der Waals surface area contributed by atoms with Crippen molar-refractivity contribution in [2.45, 2.75) is 32.4 Å². The standard InChI is InChI=1S/C15H22FN3S/c1-2-19-9-7-14(8-10-19)18-15(20)17-11-12-3-5-13(16)6-4-12/h3-6,14H,2,7-11H2,1H3,(H2,17,18,20)/p+1. The minimum atomic E-state index is -0.209. The van der Waals surface area contributed by atoms with Crippen molar-refractivity contribution in [2.24, 2.45) is 0 Å². The fraction of sp³-hybridized carbons (Fsp3) is 0.533. The number of quaternary nitrogens is 1. The van der Waals surface area contributed by atoms with E-state index in [0.717, 1.165) is 5.56 Å². The molecule has 0 spiro atoms. The van der Waals surface area contributed by atoms with Crippen LogP contribution in [0.1, 0.15) is 25.3 Å². The molecular weight excluding hydrogens is 273 g/mol. The lowest BCUT2D eigenvalue weighted by molar-refractivity contribution is -0.903. The molecule has 1 aliphatic heterocycles. The van der Waals surface area contributed by atoms with Crippen LogP contribution in [0.5, 0.6) is 0 Å². The van der Waals surface area contributed by atoms with E-state index in [-0.39, 0.29) is 5.82 Å². The summed E-state index contributed by atoms with van der Waals surface area (Å²) in [6, 6.07) is 6.97. The summed E-state index contributed by atoms with van der Waals surface area (Å²) in [6.07, 6.45) is 2.34. The zero-order valence-corrected chi connectivity index (χ0v) is 12.7. The highest BCUT2D eigenvalue weighted by atomic mass is 32.1. The molecule has 0 amide bonds. The van der Waals surface area contributed by atoms with Crippen LogP contribution < -0.4 is 15.5 Å². The fourth-order valence-corrected chi connectivity index (χ4v) is 2.78. The van der Waals surface area contributed by atoms with E-state index < -0.39 is 0 Å². The molecule has 1 aliphatic rings. The maximum absolute atomic E-state index is 12.8. The Morgan fingerprint density at radius 1 is 1.30 bits per heavy atom. The van der Waals surface area contributed by atoms with E-state index in [1.165, 1.54) is 44.6 Å². The summed E-state index contributed by atoms with van der Waals surface area (Å²) < 4.78 is 12.8. The van der Waals surface area contributed by atoms with Crippen molar-refractivity contribution >= 4 is 17.3 Å². The molecule has 5 heteroatoms. The Kier molecular flexibility index (Phi) is 5.73. The third-order valence-corrected chi connectivity index (χ3v) is 4.16. The van der Waals surface area contributed by atoms with Gasteiger partial charge in [-0.2, -0.15) is 0 Å². The minimum absolute atomic E-state index is 0.209. The van der Waals surface area contributed by atoms with Gasteiger partial charge in [-0.15, -0.1) is 0 Å². The first-order chi connectivity index (χ1) is 9.67. The first kappa shape index (κ1) is 15.2. The average molecular weight is 296 g/mol. The summed E-state index contributed by atoms with van der Waals surface area (Å²) in [5.74, 6) is -0.209. The monoisotopic (exact) mass is 296 g/mol. The molecule has 0 radical (unpaired) electrons. The molecule has 1 fully saturated rings. The number of hydrogen-bond acceptors (Lipinski definition) is 1. The number of hydrogen-bond donors (Lipinski definition) is 3. The van der Waals surface area contributed by atoms with E-state index in [1.54, 1.807) is 17.0 Å². The third-order valence-electron chi connectivity index (χ3n) is 3.89. The van der Waals surface area contributed by atoms with Gasteiger partial charge in [0.1, 0.15) is 5.82 Å². The highest BCUT2D eigenvalue weighted by molar-refractivity contribution is 7.80. The Bertz CT molecular complexity index is 427. The van der Waals surface area contributed by atoms with Gasteiger partial charge in [-0.25, -0.2) is 4.39 Å². The molecule has 1 aromatic carbocycles. The number of likely N-dealkylation sites (tertiary alicyclic amines) is 1. The minimum Gasteiger partial charge on any atom is -0.360 e. The van der Waals surface area contributed by atoms with E-state index in [1.807, 2.05) is 0 Å². The highest BCUT2D eigenvalue weighted by Crippen LogP contribution is 2.03. The van der Waals surface area contributed by atoms with Gasteiger partial charge < -0.3 is 15.5 Å². The number of halogens is 1. The second-order valence-electron chi connectivity index (χ2n) is 5.33. The van der Waals surface area contributed by atoms with Crippen molar-refractivity contribution in [1.29, 1.82) is 0 Å². The van der Waals surface area contributed by atoms with Gasteiger partial charge in [-0.05, 0) is 36.8 Å². The first-order valence-electron chi connectivity index (χ1n) is 7.29. The van der Waals surface area contributed by atoms with Crippen LogP contribution in [0.3, 0.4) is 0 Å². The van der Waals surface area contributed by atoms with Crippen molar-refractivity contribution in [3.63, 3.8) is 0 Å². The van der Waals surface area contributed by atoms with Gasteiger partial charge in [0.25, 0.3) is 0 Å². The van der Waals surface area contributed by atoms with Crippen molar-refractivity contribution in [3.05, 3.63) is 35.6 Å². The molecule has 0 saturated carbocycles.